The van der Waals surface area contributed by atoms with Gasteiger partial charge >= 0.3 is 6.01 Å². The van der Waals surface area contributed by atoms with Crippen molar-refractivity contribution in [2.45, 2.75) is 37.8 Å². The molecule has 40 heavy (non-hydrogen) atoms. The number of fused-ring (bicyclic) bond motifs is 2. The highest BCUT2D eigenvalue weighted by Gasteiger charge is 2.32. The van der Waals surface area contributed by atoms with Gasteiger partial charge < -0.3 is 19.4 Å². The molecule has 2 atom stereocenters. The van der Waals surface area contributed by atoms with E-state index in [4.69, 9.17) is 19.8 Å². The number of likely N-dealkylation sites (tertiary alicyclic amines) is 1. The second-order valence-electron chi connectivity index (χ2n) is 10.4. The van der Waals surface area contributed by atoms with Crippen LogP contribution in [0.2, 0.25) is 0 Å². The number of piperazine rings is 1. The average molecular weight is 541 g/mol. The molecule has 0 bridgehead atoms. The predicted molar refractivity (Wildman–Crippen MR) is 149 cm³/mol. The molecule has 0 radical (unpaired) electrons. The Balaban J connectivity index is 1.36. The zero-order valence-corrected chi connectivity index (χ0v) is 22.5. The fourth-order valence-corrected chi connectivity index (χ4v) is 5.76. The molecule has 1 aromatic carbocycles. The van der Waals surface area contributed by atoms with Gasteiger partial charge in [0.05, 0.1) is 42.1 Å². The molecule has 0 aliphatic carbocycles. The lowest BCUT2D eigenvalue weighted by Crippen LogP contribution is -2.55. The summed E-state index contributed by atoms with van der Waals surface area (Å²) in [5, 5.41) is 22.5. The first-order chi connectivity index (χ1) is 19.6. The summed E-state index contributed by atoms with van der Waals surface area (Å²) in [5.74, 6) is 0.458. The van der Waals surface area contributed by atoms with E-state index in [1.54, 1.807) is 4.90 Å². The third-order valence-electron chi connectivity index (χ3n) is 7.99. The van der Waals surface area contributed by atoms with Gasteiger partial charge in [-0.2, -0.15) is 15.3 Å². The Labute approximate surface area is 231 Å². The zero-order chi connectivity index (χ0) is 27.6. The highest BCUT2D eigenvalue weighted by molar-refractivity contribution is 5.87. The number of nitrogens with one attached hydrogen (secondary N) is 1. The van der Waals surface area contributed by atoms with Crippen LogP contribution < -0.4 is 9.64 Å². The molecular formula is C28H32N10O2. The minimum atomic E-state index is -0.288. The molecule has 5 heterocycles. The van der Waals surface area contributed by atoms with Crippen LogP contribution in [0.5, 0.6) is 6.01 Å². The van der Waals surface area contributed by atoms with Crippen LogP contribution in [0.1, 0.15) is 30.5 Å². The Bertz CT molecular complexity index is 1590. The molecule has 12 nitrogen and oxygen atoms in total. The van der Waals surface area contributed by atoms with Crippen molar-refractivity contribution in [3.8, 4) is 12.1 Å². The number of ether oxygens (including phenoxy) is 1. The van der Waals surface area contributed by atoms with Crippen LogP contribution in [0, 0.1) is 11.3 Å². The van der Waals surface area contributed by atoms with Crippen molar-refractivity contribution in [2.75, 3.05) is 44.7 Å². The van der Waals surface area contributed by atoms with E-state index in [2.05, 4.69) is 45.8 Å². The SMILES string of the molecule is C=CC(=O)N1CCN(c2nc(OCC3CCCN3C)nn3c(Cc4cccc5[nH]ncc45)cnc23)CC1CC#N. The first-order valence-electron chi connectivity index (χ1n) is 13.6. The maximum Gasteiger partial charge on any atom is 0.336 e. The number of aromatic amines is 1. The van der Waals surface area contributed by atoms with E-state index < -0.39 is 0 Å². The lowest BCUT2D eigenvalue weighted by atomic mass is 10.1. The van der Waals surface area contributed by atoms with Crippen LogP contribution in [0.3, 0.4) is 0 Å². The van der Waals surface area contributed by atoms with E-state index in [0.29, 0.717) is 50.2 Å². The number of carbonyl (C=O) groups is 1. The number of carbonyl (C=O) groups excluding carboxylic acids is 1. The smallest absolute Gasteiger partial charge is 0.336 e. The molecular weight excluding hydrogens is 508 g/mol. The summed E-state index contributed by atoms with van der Waals surface area (Å²) < 4.78 is 8.01. The van der Waals surface area contributed by atoms with Gasteiger partial charge in [-0.3, -0.25) is 9.89 Å². The molecule has 2 fully saturated rings. The number of benzene rings is 1. The highest BCUT2D eigenvalue weighted by Crippen LogP contribution is 2.27. The van der Waals surface area contributed by atoms with Crippen molar-refractivity contribution < 1.29 is 9.53 Å². The fourth-order valence-electron chi connectivity index (χ4n) is 5.76. The van der Waals surface area contributed by atoms with Crippen LogP contribution >= 0.6 is 0 Å². The zero-order valence-electron chi connectivity index (χ0n) is 22.5. The topological polar surface area (TPSA) is 132 Å². The van der Waals surface area contributed by atoms with Gasteiger partial charge in [0.25, 0.3) is 0 Å². The standard InChI is InChI=1S/C28H32N10O2/c1-3-25(39)37-13-12-36(17-20(37)9-10-29)27-26-30-15-22(14-19-6-4-8-24-23(19)16-31-33-24)38(26)34-28(32-27)40-18-21-7-5-11-35(21)2/h3-4,6,8,15-16,20-21H,1,5,7,9,11-14,17-18H2,2H3,(H,31,33). The minimum Gasteiger partial charge on any atom is -0.461 e. The monoisotopic (exact) mass is 540 g/mol. The summed E-state index contributed by atoms with van der Waals surface area (Å²) >= 11 is 0. The molecule has 1 N–H and O–H groups in total. The van der Waals surface area contributed by atoms with Crippen LogP contribution in [-0.4, -0.2) is 97.4 Å². The van der Waals surface area contributed by atoms with Gasteiger partial charge in [0.15, 0.2) is 11.5 Å². The lowest BCUT2D eigenvalue weighted by molar-refractivity contribution is -0.128. The van der Waals surface area contributed by atoms with Crippen molar-refractivity contribution in [1.82, 2.24) is 39.6 Å². The van der Waals surface area contributed by atoms with E-state index in [1.165, 1.54) is 6.08 Å². The van der Waals surface area contributed by atoms with Gasteiger partial charge in [-0.05, 0) is 44.1 Å². The lowest BCUT2D eigenvalue weighted by Gasteiger charge is -2.40. The molecule has 0 saturated carbocycles. The molecule has 6 rings (SSSR count). The third-order valence-corrected chi connectivity index (χ3v) is 7.99. The number of nitriles is 1. The Kier molecular flexibility index (Phi) is 7.04. The minimum absolute atomic E-state index is 0.172. The van der Waals surface area contributed by atoms with E-state index in [-0.39, 0.29) is 24.4 Å². The fraction of sp³-hybridized carbons (Fsp3) is 0.429. The summed E-state index contributed by atoms with van der Waals surface area (Å²) in [4.78, 5) is 28.1. The summed E-state index contributed by atoms with van der Waals surface area (Å²) in [6.07, 6.45) is 7.99. The first-order valence-corrected chi connectivity index (χ1v) is 13.6. The molecule has 4 aromatic rings. The Morgan fingerprint density at radius 2 is 2.17 bits per heavy atom. The summed E-state index contributed by atoms with van der Waals surface area (Å²) in [7, 11) is 2.11. The van der Waals surface area contributed by atoms with E-state index in [9.17, 15) is 10.1 Å². The van der Waals surface area contributed by atoms with E-state index >= 15 is 0 Å². The van der Waals surface area contributed by atoms with Crippen molar-refractivity contribution in [1.29, 1.82) is 5.26 Å². The molecule has 2 saturated heterocycles. The first kappa shape index (κ1) is 25.8. The van der Waals surface area contributed by atoms with Gasteiger partial charge in [-0.25, -0.2) is 9.50 Å². The molecule has 0 spiro atoms. The number of nitrogens with zero attached hydrogens (tertiary/aromatic N) is 9. The molecule has 2 unspecified atom stereocenters. The van der Waals surface area contributed by atoms with Gasteiger partial charge in [-0.1, -0.05) is 18.7 Å². The maximum atomic E-state index is 12.5. The van der Waals surface area contributed by atoms with E-state index in [1.807, 2.05) is 29.0 Å². The number of anilines is 1. The molecule has 206 valence electrons. The summed E-state index contributed by atoms with van der Waals surface area (Å²) in [5.41, 5.74) is 3.58. The molecule has 12 heteroatoms. The number of hydrogen-bond acceptors (Lipinski definition) is 9. The molecule has 2 aliphatic heterocycles. The number of amides is 1. The number of aromatic nitrogens is 6. The third kappa shape index (κ3) is 4.84. The van der Waals surface area contributed by atoms with Gasteiger partial charge in [0.2, 0.25) is 5.91 Å². The normalized spacial score (nSPS) is 19.8. The van der Waals surface area contributed by atoms with Gasteiger partial charge in [0.1, 0.15) is 6.61 Å². The number of hydrogen-bond donors (Lipinski definition) is 1. The Hall–Kier alpha value is -4.50. The number of rotatable bonds is 8. The summed E-state index contributed by atoms with van der Waals surface area (Å²) in [6, 6.07) is 8.62. The molecule has 2 aliphatic rings. The Morgan fingerprint density at radius 3 is 2.98 bits per heavy atom. The van der Waals surface area contributed by atoms with Crippen molar-refractivity contribution in [2.24, 2.45) is 0 Å². The molecule has 3 aromatic heterocycles. The largest absolute Gasteiger partial charge is 0.461 e. The van der Waals surface area contributed by atoms with Crippen molar-refractivity contribution in [3.63, 3.8) is 0 Å². The molecule has 1 amide bonds. The second-order valence-corrected chi connectivity index (χ2v) is 10.4. The number of H-pyrrole nitrogens is 1. The van der Waals surface area contributed by atoms with Crippen LogP contribution in [-0.2, 0) is 11.2 Å². The number of likely N-dealkylation sites (N-methyl/N-ethyl adjacent to an activating group) is 1. The van der Waals surface area contributed by atoms with Gasteiger partial charge in [-0.15, -0.1) is 5.10 Å². The average Bonchev–Trinajstić information content (AvgIpc) is 3.72. The van der Waals surface area contributed by atoms with Crippen molar-refractivity contribution in [3.05, 3.63) is 54.5 Å². The van der Waals surface area contributed by atoms with Crippen LogP contribution in [0.4, 0.5) is 5.82 Å². The highest BCUT2D eigenvalue weighted by atomic mass is 16.5. The van der Waals surface area contributed by atoms with Crippen LogP contribution in [0.15, 0.2) is 43.2 Å². The Morgan fingerprint density at radius 1 is 1.27 bits per heavy atom. The number of imidazole rings is 1. The van der Waals surface area contributed by atoms with Crippen LogP contribution in [0.25, 0.3) is 16.6 Å². The van der Waals surface area contributed by atoms with Gasteiger partial charge in [0, 0.05) is 37.5 Å². The quantitative estimate of drug-likeness (QED) is 0.334. The second kappa shape index (κ2) is 10.9. The predicted octanol–water partition coefficient (Wildman–Crippen LogP) is 2.18. The van der Waals surface area contributed by atoms with E-state index in [0.717, 1.165) is 41.5 Å². The maximum absolute atomic E-state index is 12.5. The summed E-state index contributed by atoms with van der Waals surface area (Å²) in [6.45, 7) is 6.61. The van der Waals surface area contributed by atoms with Crippen molar-refractivity contribution >= 4 is 28.3 Å².